The zero-order chi connectivity index (χ0) is 13.8. The van der Waals surface area contributed by atoms with E-state index in [2.05, 4.69) is 68.5 Å². The predicted molar refractivity (Wildman–Crippen MR) is 83.5 cm³/mol. The Kier molecular flexibility index (Phi) is 4.65. The van der Waals surface area contributed by atoms with Gasteiger partial charge in [-0.25, -0.2) is 0 Å². The second kappa shape index (κ2) is 6.25. The maximum absolute atomic E-state index is 3.58. The van der Waals surface area contributed by atoms with Gasteiger partial charge in [0.25, 0.3) is 0 Å². The normalized spacial score (nSPS) is 13.6. The number of nitrogens with one attached hydrogen (secondary N) is 2. The van der Waals surface area contributed by atoms with Crippen LogP contribution in [0, 0.1) is 11.8 Å². The molecule has 1 heterocycles. The first-order valence-corrected chi connectivity index (χ1v) is 7.36. The van der Waals surface area contributed by atoms with Gasteiger partial charge in [0.05, 0.1) is 0 Å². The lowest BCUT2D eigenvalue weighted by atomic mass is 9.89. The number of benzene rings is 1. The minimum absolute atomic E-state index is 0.559. The lowest BCUT2D eigenvalue weighted by molar-refractivity contribution is 0.350. The van der Waals surface area contributed by atoms with E-state index in [1.807, 2.05) is 0 Å². The molecule has 1 unspecified atom stereocenters. The summed E-state index contributed by atoms with van der Waals surface area (Å²) in [5.74, 6) is 1.38. The third-order valence-corrected chi connectivity index (χ3v) is 3.89. The van der Waals surface area contributed by atoms with Crippen molar-refractivity contribution in [1.29, 1.82) is 0 Å². The van der Waals surface area contributed by atoms with Crippen molar-refractivity contribution >= 4 is 10.9 Å². The molecule has 0 aliphatic rings. The van der Waals surface area contributed by atoms with Crippen LogP contribution in [0.15, 0.2) is 30.5 Å². The number of rotatable bonds is 6. The lowest BCUT2D eigenvalue weighted by Crippen LogP contribution is -2.32. The van der Waals surface area contributed by atoms with E-state index in [1.165, 1.54) is 16.5 Å². The summed E-state index contributed by atoms with van der Waals surface area (Å²) in [7, 11) is 0. The van der Waals surface area contributed by atoms with Crippen LogP contribution in [-0.2, 0) is 6.42 Å². The number of fused-ring (bicyclic) bond motifs is 1. The highest BCUT2D eigenvalue weighted by molar-refractivity contribution is 5.83. The summed E-state index contributed by atoms with van der Waals surface area (Å²) >= 11 is 0. The first-order valence-electron chi connectivity index (χ1n) is 7.36. The molecule has 2 nitrogen and oxygen atoms in total. The number of aromatic nitrogens is 1. The molecule has 0 saturated carbocycles. The van der Waals surface area contributed by atoms with E-state index >= 15 is 0 Å². The van der Waals surface area contributed by atoms with Gasteiger partial charge in [-0.2, -0.15) is 0 Å². The van der Waals surface area contributed by atoms with Crippen molar-refractivity contribution in [2.45, 2.75) is 40.2 Å². The fourth-order valence-electron chi connectivity index (χ4n) is 2.51. The van der Waals surface area contributed by atoms with Gasteiger partial charge in [0.1, 0.15) is 0 Å². The Hall–Kier alpha value is -1.28. The van der Waals surface area contributed by atoms with Gasteiger partial charge in [0.15, 0.2) is 0 Å². The van der Waals surface area contributed by atoms with E-state index in [9.17, 15) is 0 Å². The van der Waals surface area contributed by atoms with Crippen LogP contribution in [-0.4, -0.2) is 17.6 Å². The molecule has 0 bridgehead atoms. The Morgan fingerprint density at radius 1 is 1.11 bits per heavy atom. The van der Waals surface area contributed by atoms with Crippen LogP contribution in [0.4, 0.5) is 0 Å². The topological polar surface area (TPSA) is 27.8 Å². The Labute approximate surface area is 116 Å². The van der Waals surface area contributed by atoms with Crippen LogP contribution in [0.1, 0.15) is 33.3 Å². The third-order valence-electron chi connectivity index (χ3n) is 3.89. The van der Waals surface area contributed by atoms with E-state index < -0.39 is 0 Å². The molecule has 0 amide bonds. The van der Waals surface area contributed by atoms with Crippen molar-refractivity contribution in [2.24, 2.45) is 11.8 Å². The molecule has 0 spiro atoms. The van der Waals surface area contributed by atoms with E-state index in [4.69, 9.17) is 0 Å². The summed E-state index contributed by atoms with van der Waals surface area (Å²) in [5, 5.41) is 4.95. The fourth-order valence-corrected chi connectivity index (χ4v) is 2.51. The third kappa shape index (κ3) is 3.60. The smallest absolute Gasteiger partial charge is 0.0456 e. The number of para-hydroxylation sites is 1. The standard InChI is InChI=1S/C17H26N2/c1-12(2)14(10-18-13(3)4)9-15-11-19-17-8-6-5-7-16(15)17/h5-8,11-14,18-19H,9-10H2,1-4H3. The van der Waals surface area contributed by atoms with Gasteiger partial charge in [0.2, 0.25) is 0 Å². The number of H-pyrrole nitrogens is 1. The minimum atomic E-state index is 0.559. The molecule has 0 aliphatic heterocycles. The largest absolute Gasteiger partial charge is 0.361 e. The molecule has 1 atom stereocenters. The monoisotopic (exact) mass is 258 g/mol. The average Bonchev–Trinajstić information content (AvgIpc) is 2.77. The summed E-state index contributed by atoms with van der Waals surface area (Å²) < 4.78 is 0. The SMILES string of the molecule is CC(C)NCC(Cc1c[nH]c2ccccc12)C(C)C. The van der Waals surface area contributed by atoms with Crippen molar-refractivity contribution in [2.75, 3.05) is 6.54 Å². The van der Waals surface area contributed by atoms with Gasteiger partial charge in [-0.05, 0) is 36.4 Å². The Bertz CT molecular complexity index is 511. The van der Waals surface area contributed by atoms with E-state index in [1.54, 1.807) is 0 Å². The molecule has 19 heavy (non-hydrogen) atoms. The van der Waals surface area contributed by atoms with Gasteiger partial charge in [-0.1, -0.05) is 45.9 Å². The van der Waals surface area contributed by atoms with Crippen LogP contribution in [0.5, 0.6) is 0 Å². The number of hydrogen-bond donors (Lipinski definition) is 2. The lowest BCUT2D eigenvalue weighted by Gasteiger charge is -2.22. The van der Waals surface area contributed by atoms with Crippen LogP contribution >= 0.6 is 0 Å². The maximum atomic E-state index is 3.58. The first kappa shape index (κ1) is 14.1. The summed E-state index contributed by atoms with van der Waals surface area (Å²) in [6, 6.07) is 9.13. The van der Waals surface area contributed by atoms with Crippen molar-refractivity contribution in [3.8, 4) is 0 Å². The average molecular weight is 258 g/mol. The minimum Gasteiger partial charge on any atom is -0.361 e. The fraction of sp³-hybridized carbons (Fsp3) is 0.529. The molecule has 1 aromatic carbocycles. The molecule has 0 saturated heterocycles. The van der Waals surface area contributed by atoms with E-state index in [0.29, 0.717) is 17.9 Å². The van der Waals surface area contributed by atoms with Crippen LogP contribution in [0.2, 0.25) is 0 Å². The number of hydrogen-bond acceptors (Lipinski definition) is 1. The van der Waals surface area contributed by atoms with Crippen molar-refractivity contribution in [3.05, 3.63) is 36.0 Å². The van der Waals surface area contributed by atoms with Gasteiger partial charge in [0, 0.05) is 23.1 Å². The second-order valence-electron chi connectivity index (χ2n) is 6.13. The molecule has 0 fully saturated rings. The molecule has 2 N–H and O–H groups in total. The Balaban J connectivity index is 2.12. The summed E-state index contributed by atoms with van der Waals surface area (Å²) in [6.45, 7) is 10.2. The van der Waals surface area contributed by atoms with Crippen molar-refractivity contribution < 1.29 is 0 Å². The first-order chi connectivity index (χ1) is 9.08. The molecule has 2 aromatic rings. The van der Waals surface area contributed by atoms with Crippen molar-refractivity contribution in [1.82, 2.24) is 10.3 Å². The maximum Gasteiger partial charge on any atom is 0.0456 e. The Morgan fingerprint density at radius 3 is 2.53 bits per heavy atom. The molecular formula is C17H26N2. The van der Waals surface area contributed by atoms with Crippen LogP contribution in [0.25, 0.3) is 10.9 Å². The second-order valence-corrected chi connectivity index (χ2v) is 6.13. The number of aromatic amines is 1. The van der Waals surface area contributed by atoms with Crippen LogP contribution < -0.4 is 5.32 Å². The predicted octanol–water partition coefficient (Wildman–Crippen LogP) is 3.98. The molecule has 1 aromatic heterocycles. The summed E-state index contributed by atoms with van der Waals surface area (Å²) in [5.41, 5.74) is 2.69. The molecule has 2 rings (SSSR count). The molecule has 2 heteroatoms. The highest BCUT2D eigenvalue weighted by atomic mass is 14.9. The summed E-state index contributed by atoms with van der Waals surface area (Å²) in [4.78, 5) is 3.38. The van der Waals surface area contributed by atoms with Gasteiger partial charge in [-0.15, -0.1) is 0 Å². The van der Waals surface area contributed by atoms with E-state index in [-0.39, 0.29) is 0 Å². The molecule has 104 valence electrons. The van der Waals surface area contributed by atoms with Gasteiger partial charge < -0.3 is 10.3 Å². The molecule has 0 aliphatic carbocycles. The Morgan fingerprint density at radius 2 is 1.84 bits per heavy atom. The van der Waals surface area contributed by atoms with Crippen LogP contribution in [0.3, 0.4) is 0 Å². The quantitative estimate of drug-likeness (QED) is 0.806. The molecule has 0 radical (unpaired) electrons. The highest BCUT2D eigenvalue weighted by Crippen LogP contribution is 2.23. The zero-order valence-corrected chi connectivity index (χ0v) is 12.5. The van der Waals surface area contributed by atoms with Crippen molar-refractivity contribution in [3.63, 3.8) is 0 Å². The molecular weight excluding hydrogens is 232 g/mol. The van der Waals surface area contributed by atoms with Gasteiger partial charge in [-0.3, -0.25) is 0 Å². The van der Waals surface area contributed by atoms with E-state index in [0.717, 1.165) is 13.0 Å². The highest BCUT2D eigenvalue weighted by Gasteiger charge is 2.16. The van der Waals surface area contributed by atoms with Gasteiger partial charge >= 0.3 is 0 Å². The zero-order valence-electron chi connectivity index (χ0n) is 12.5. The summed E-state index contributed by atoms with van der Waals surface area (Å²) in [6.07, 6.45) is 3.32.